The molecular weight excluding hydrogens is 383 g/mol. The van der Waals surface area contributed by atoms with Gasteiger partial charge in [0.05, 0.1) is 33.6 Å². The van der Waals surface area contributed by atoms with Crippen LogP contribution >= 0.6 is 11.8 Å². The molecule has 28 heavy (non-hydrogen) atoms. The van der Waals surface area contributed by atoms with Gasteiger partial charge in [-0.05, 0) is 13.0 Å². The van der Waals surface area contributed by atoms with Gasteiger partial charge in [0.25, 0.3) is 0 Å². The van der Waals surface area contributed by atoms with Crippen LogP contribution in [0, 0.1) is 17.1 Å². The number of fused-ring (bicyclic) bond motifs is 2. The standard InChI is InChI=1S/C19H17FN4O3S/c1-9-8-27-18-14-10(6-11(20)15(18)23-4-2-22-3-5-23)16(25)13-17(26)12(7-21)28-19(13)24(9)14/h6,9,12,22H,2-5,8H2,1H3/t9-,12?/m0/s1. The van der Waals surface area contributed by atoms with Crippen molar-refractivity contribution in [3.05, 3.63) is 27.7 Å². The Hall–Kier alpha value is -2.57. The van der Waals surface area contributed by atoms with Crippen molar-refractivity contribution < 1.29 is 13.9 Å². The van der Waals surface area contributed by atoms with Gasteiger partial charge in [-0.1, -0.05) is 11.8 Å². The number of nitrogens with zero attached hydrogens (tertiary/aromatic N) is 3. The molecule has 4 heterocycles. The zero-order chi connectivity index (χ0) is 19.6. The van der Waals surface area contributed by atoms with E-state index in [0.717, 1.165) is 24.9 Å². The quantitative estimate of drug-likeness (QED) is 0.779. The minimum absolute atomic E-state index is 0.00178. The number of carbonyl (C=O) groups is 1. The second kappa shape index (κ2) is 6.22. The van der Waals surface area contributed by atoms with Gasteiger partial charge in [0, 0.05) is 26.2 Å². The molecule has 1 aromatic carbocycles. The van der Waals surface area contributed by atoms with Crippen LogP contribution in [-0.4, -0.2) is 48.4 Å². The number of Topliss-reactive ketones (excluding diaryl/α,β-unsaturated/α-hetero) is 1. The summed E-state index contributed by atoms with van der Waals surface area (Å²) in [6.45, 7) is 4.95. The molecule has 5 rings (SSSR count). The molecule has 144 valence electrons. The number of ketones is 1. The normalized spacial score (nSPS) is 23.5. The van der Waals surface area contributed by atoms with Gasteiger partial charge in [0.1, 0.15) is 12.3 Å². The number of aromatic nitrogens is 1. The molecule has 1 saturated heterocycles. The van der Waals surface area contributed by atoms with Crippen molar-refractivity contribution in [2.24, 2.45) is 0 Å². The maximum Gasteiger partial charge on any atom is 0.201 e. The smallest absolute Gasteiger partial charge is 0.201 e. The van der Waals surface area contributed by atoms with E-state index in [2.05, 4.69) is 5.32 Å². The highest BCUT2D eigenvalue weighted by Crippen LogP contribution is 2.46. The summed E-state index contributed by atoms with van der Waals surface area (Å²) in [7, 11) is 0. The molecule has 1 fully saturated rings. The number of benzene rings is 1. The Labute approximate surface area is 164 Å². The van der Waals surface area contributed by atoms with Crippen LogP contribution in [0.2, 0.25) is 0 Å². The van der Waals surface area contributed by atoms with Gasteiger partial charge in [0.15, 0.2) is 22.6 Å². The molecule has 3 aliphatic rings. The van der Waals surface area contributed by atoms with Crippen LogP contribution < -0.4 is 20.4 Å². The number of nitrogens with one attached hydrogen (secondary N) is 1. The van der Waals surface area contributed by atoms with Crippen LogP contribution in [-0.2, 0) is 0 Å². The number of thioether (sulfide) groups is 1. The molecular formula is C19H17FN4O3S. The zero-order valence-corrected chi connectivity index (χ0v) is 15.9. The molecule has 3 aliphatic heterocycles. The molecule has 7 nitrogen and oxygen atoms in total. The lowest BCUT2D eigenvalue weighted by Gasteiger charge is -2.35. The predicted molar refractivity (Wildman–Crippen MR) is 103 cm³/mol. The third-order valence-corrected chi connectivity index (χ3v) is 6.68. The molecule has 0 spiro atoms. The fourth-order valence-electron chi connectivity index (χ4n) is 4.21. The van der Waals surface area contributed by atoms with E-state index >= 15 is 4.39 Å². The number of pyridine rings is 1. The Balaban J connectivity index is 1.87. The van der Waals surface area contributed by atoms with Gasteiger partial charge < -0.3 is 19.5 Å². The summed E-state index contributed by atoms with van der Waals surface area (Å²) in [6, 6.07) is 3.02. The highest BCUT2D eigenvalue weighted by molar-refractivity contribution is 8.01. The Kier molecular flexibility index (Phi) is 3.89. The fraction of sp³-hybridized carbons (Fsp3) is 0.421. The number of hydrogen-bond acceptors (Lipinski definition) is 7. The van der Waals surface area contributed by atoms with Crippen molar-refractivity contribution in [3.63, 3.8) is 0 Å². The van der Waals surface area contributed by atoms with Crippen LogP contribution in [0.1, 0.15) is 23.3 Å². The second-order valence-corrected chi connectivity index (χ2v) is 8.29. The average molecular weight is 400 g/mol. The average Bonchev–Trinajstić information content (AvgIpc) is 3.03. The predicted octanol–water partition coefficient (Wildman–Crippen LogP) is 1.68. The lowest BCUT2D eigenvalue weighted by molar-refractivity contribution is 0.100. The second-order valence-electron chi connectivity index (χ2n) is 7.20. The minimum atomic E-state index is -0.945. The first kappa shape index (κ1) is 17.5. The van der Waals surface area contributed by atoms with Crippen molar-refractivity contribution in [1.29, 1.82) is 5.26 Å². The first-order valence-corrected chi connectivity index (χ1v) is 10.0. The van der Waals surface area contributed by atoms with Gasteiger partial charge in [-0.25, -0.2) is 4.39 Å². The molecule has 2 atom stereocenters. The summed E-state index contributed by atoms with van der Waals surface area (Å²) in [5.41, 5.74) is 0.343. The van der Waals surface area contributed by atoms with Gasteiger partial charge >= 0.3 is 0 Å². The molecule has 1 aromatic heterocycles. The van der Waals surface area contributed by atoms with Crippen LogP contribution in [0.25, 0.3) is 10.9 Å². The number of carbonyl (C=O) groups excluding carboxylic acids is 1. The first-order chi connectivity index (χ1) is 13.5. The summed E-state index contributed by atoms with van der Waals surface area (Å²) in [5.74, 6) is -0.675. The topological polar surface area (TPSA) is 87.4 Å². The summed E-state index contributed by atoms with van der Waals surface area (Å²) >= 11 is 1.10. The Morgan fingerprint density at radius 1 is 1.36 bits per heavy atom. The molecule has 1 N–H and O–H groups in total. The van der Waals surface area contributed by atoms with Crippen molar-refractivity contribution in [2.45, 2.75) is 23.2 Å². The number of rotatable bonds is 1. The monoisotopic (exact) mass is 400 g/mol. The fourth-order valence-corrected chi connectivity index (χ4v) is 5.40. The van der Waals surface area contributed by atoms with E-state index in [1.165, 1.54) is 6.07 Å². The van der Waals surface area contributed by atoms with E-state index in [9.17, 15) is 14.9 Å². The van der Waals surface area contributed by atoms with Crippen LogP contribution in [0.15, 0.2) is 15.9 Å². The molecule has 0 saturated carbocycles. The van der Waals surface area contributed by atoms with E-state index in [1.807, 2.05) is 22.5 Å². The van der Waals surface area contributed by atoms with Gasteiger partial charge in [0.2, 0.25) is 5.43 Å². The highest BCUT2D eigenvalue weighted by Gasteiger charge is 2.40. The Morgan fingerprint density at radius 3 is 2.82 bits per heavy atom. The highest BCUT2D eigenvalue weighted by atomic mass is 32.2. The van der Waals surface area contributed by atoms with Crippen molar-refractivity contribution >= 4 is 34.1 Å². The van der Waals surface area contributed by atoms with E-state index in [1.54, 1.807) is 0 Å². The molecule has 0 radical (unpaired) electrons. The number of ether oxygens (including phenoxy) is 1. The molecule has 0 amide bonds. The maximum atomic E-state index is 15.1. The molecule has 0 aliphatic carbocycles. The first-order valence-electron chi connectivity index (χ1n) is 9.16. The van der Waals surface area contributed by atoms with E-state index < -0.39 is 22.3 Å². The van der Waals surface area contributed by atoms with Crippen molar-refractivity contribution in [3.8, 4) is 11.8 Å². The van der Waals surface area contributed by atoms with Crippen LogP contribution in [0.5, 0.6) is 5.75 Å². The molecule has 0 bridgehead atoms. The number of piperazine rings is 1. The van der Waals surface area contributed by atoms with E-state index in [-0.39, 0.29) is 17.0 Å². The number of anilines is 1. The van der Waals surface area contributed by atoms with Gasteiger partial charge in [-0.2, -0.15) is 5.26 Å². The maximum absolute atomic E-state index is 15.1. The SMILES string of the molecule is C[C@H]1COc2c(N3CCNCC3)c(F)cc3c(=O)c4c(n1c23)SC(C#N)C4=O. The lowest BCUT2D eigenvalue weighted by Crippen LogP contribution is -2.44. The summed E-state index contributed by atoms with van der Waals surface area (Å²) < 4.78 is 23.0. The Morgan fingerprint density at radius 2 is 2.11 bits per heavy atom. The summed E-state index contributed by atoms with van der Waals surface area (Å²) in [4.78, 5) is 27.6. The van der Waals surface area contributed by atoms with Crippen LogP contribution in [0.3, 0.4) is 0 Å². The van der Waals surface area contributed by atoms with Crippen LogP contribution in [0.4, 0.5) is 10.1 Å². The zero-order valence-electron chi connectivity index (χ0n) is 15.1. The van der Waals surface area contributed by atoms with Gasteiger partial charge in [-0.15, -0.1) is 0 Å². The lowest BCUT2D eigenvalue weighted by atomic mass is 10.0. The van der Waals surface area contributed by atoms with Crippen molar-refractivity contribution in [2.75, 3.05) is 37.7 Å². The largest absolute Gasteiger partial charge is 0.487 e. The summed E-state index contributed by atoms with van der Waals surface area (Å²) in [5, 5.41) is 12.2. The van der Waals surface area contributed by atoms with E-state index in [4.69, 9.17) is 4.74 Å². The van der Waals surface area contributed by atoms with E-state index in [0.29, 0.717) is 41.7 Å². The molecule has 1 unspecified atom stereocenters. The number of nitriles is 1. The minimum Gasteiger partial charge on any atom is -0.487 e. The third-order valence-electron chi connectivity index (χ3n) is 5.50. The van der Waals surface area contributed by atoms with Gasteiger partial charge in [-0.3, -0.25) is 9.59 Å². The summed E-state index contributed by atoms with van der Waals surface area (Å²) in [6.07, 6.45) is 0. The number of halogens is 1. The third kappa shape index (κ3) is 2.25. The molecule has 2 aromatic rings. The van der Waals surface area contributed by atoms with Crippen molar-refractivity contribution in [1.82, 2.24) is 9.88 Å². The number of hydrogen-bond donors (Lipinski definition) is 1. The Bertz CT molecular complexity index is 1130. The molecule has 9 heteroatoms.